The molecule has 0 spiro atoms. The normalized spacial score (nSPS) is 12.1. The van der Waals surface area contributed by atoms with Crippen molar-refractivity contribution in [3.8, 4) is 5.75 Å². The zero-order valence-electron chi connectivity index (χ0n) is 16.7. The monoisotopic (exact) mass is 436 g/mol. The Morgan fingerprint density at radius 1 is 1.28 bits per heavy atom. The Hall–Kier alpha value is -2.51. The zero-order valence-corrected chi connectivity index (χ0v) is 18.3. The lowest BCUT2D eigenvalue weighted by atomic mass is 10.1. The summed E-state index contributed by atoms with van der Waals surface area (Å²) in [7, 11) is -3.74. The first-order valence-electron chi connectivity index (χ1n) is 9.07. The highest BCUT2D eigenvalue weighted by Gasteiger charge is 2.32. The van der Waals surface area contributed by atoms with E-state index in [0.29, 0.717) is 34.3 Å². The molecule has 2 aromatic rings. The van der Waals surface area contributed by atoms with E-state index in [-0.39, 0.29) is 6.42 Å². The molecule has 2 rings (SSSR count). The molecular formula is C21H25ClN2O4S. The molecule has 1 atom stereocenters. The van der Waals surface area contributed by atoms with E-state index in [1.807, 2.05) is 0 Å². The van der Waals surface area contributed by atoms with Crippen LogP contribution in [0.2, 0.25) is 5.02 Å². The minimum atomic E-state index is -3.74. The maximum absolute atomic E-state index is 13.0. The average molecular weight is 437 g/mol. The van der Waals surface area contributed by atoms with E-state index in [2.05, 4.69) is 11.9 Å². The van der Waals surface area contributed by atoms with Crippen LogP contribution in [0.4, 0.5) is 11.4 Å². The minimum absolute atomic E-state index is 0.283. The molecular weight excluding hydrogens is 412 g/mol. The Labute approximate surface area is 177 Å². The summed E-state index contributed by atoms with van der Waals surface area (Å²) in [5.74, 6) is 0.208. The Bertz CT molecular complexity index is 975. The Balaban J connectivity index is 2.31. The van der Waals surface area contributed by atoms with Crippen molar-refractivity contribution in [2.45, 2.75) is 26.3 Å². The fourth-order valence-corrected chi connectivity index (χ4v) is 4.30. The molecule has 0 fully saturated rings. The first-order chi connectivity index (χ1) is 13.7. The van der Waals surface area contributed by atoms with Gasteiger partial charge in [0.1, 0.15) is 18.4 Å². The molecule has 0 saturated heterocycles. The van der Waals surface area contributed by atoms with Crippen molar-refractivity contribution in [1.82, 2.24) is 0 Å². The van der Waals surface area contributed by atoms with E-state index in [9.17, 15) is 13.2 Å². The molecule has 0 radical (unpaired) electrons. The van der Waals surface area contributed by atoms with Gasteiger partial charge in [0, 0.05) is 10.7 Å². The summed E-state index contributed by atoms with van der Waals surface area (Å²) in [6.45, 7) is 7.50. The lowest BCUT2D eigenvalue weighted by Gasteiger charge is -2.31. The first kappa shape index (κ1) is 22.8. The molecule has 1 amide bonds. The summed E-state index contributed by atoms with van der Waals surface area (Å²) in [6, 6.07) is 10.8. The number of hydrogen-bond acceptors (Lipinski definition) is 4. The summed E-state index contributed by atoms with van der Waals surface area (Å²) in [6.07, 6.45) is 3.00. The fourth-order valence-electron chi connectivity index (χ4n) is 2.87. The number of anilines is 2. The molecule has 0 aliphatic carbocycles. The zero-order chi connectivity index (χ0) is 21.6. The summed E-state index contributed by atoms with van der Waals surface area (Å²) < 4.78 is 31.7. The van der Waals surface area contributed by atoms with E-state index in [1.54, 1.807) is 62.4 Å². The summed E-state index contributed by atoms with van der Waals surface area (Å²) in [5, 5.41) is 3.17. The van der Waals surface area contributed by atoms with Crippen molar-refractivity contribution in [3.63, 3.8) is 0 Å². The van der Waals surface area contributed by atoms with Crippen LogP contribution in [0.15, 0.2) is 55.1 Å². The van der Waals surface area contributed by atoms with Crippen LogP contribution >= 0.6 is 11.6 Å². The van der Waals surface area contributed by atoms with Gasteiger partial charge in [-0.25, -0.2) is 8.42 Å². The average Bonchev–Trinajstić information content (AvgIpc) is 2.66. The second-order valence-electron chi connectivity index (χ2n) is 6.53. The third kappa shape index (κ3) is 5.98. The van der Waals surface area contributed by atoms with Gasteiger partial charge in [-0.05, 0) is 55.3 Å². The van der Waals surface area contributed by atoms with Gasteiger partial charge in [0.2, 0.25) is 15.9 Å². The molecule has 29 heavy (non-hydrogen) atoms. The Morgan fingerprint density at radius 3 is 2.48 bits per heavy atom. The smallest absolute Gasteiger partial charge is 0.248 e. The molecule has 0 bridgehead atoms. The number of amides is 1. The fraction of sp³-hybridized carbons (Fsp3) is 0.286. The van der Waals surface area contributed by atoms with Gasteiger partial charge in [-0.15, -0.1) is 0 Å². The van der Waals surface area contributed by atoms with Crippen molar-refractivity contribution in [1.29, 1.82) is 0 Å². The Morgan fingerprint density at radius 2 is 1.93 bits per heavy atom. The van der Waals surface area contributed by atoms with Crippen molar-refractivity contribution in [2.75, 3.05) is 22.5 Å². The lowest BCUT2D eigenvalue weighted by molar-refractivity contribution is -0.117. The van der Waals surface area contributed by atoms with Crippen LogP contribution in [-0.2, 0) is 14.8 Å². The van der Waals surface area contributed by atoms with E-state index in [0.717, 1.165) is 10.6 Å². The standard InChI is InChI=1S/C21H25ClN2O4S/c1-5-13-28-18-11-9-17(10-12-18)23-21(25)19(6-2)24(29(4,26)27)20-14-16(22)8-7-15(20)3/h5,7-12,14,19H,1,6,13H2,2-4H3,(H,23,25). The molecule has 0 aliphatic heterocycles. The van der Waals surface area contributed by atoms with Crippen LogP contribution in [0.5, 0.6) is 5.75 Å². The molecule has 0 heterocycles. The number of hydrogen-bond donors (Lipinski definition) is 1. The van der Waals surface area contributed by atoms with Gasteiger partial charge in [0.05, 0.1) is 11.9 Å². The topological polar surface area (TPSA) is 75.7 Å². The molecule has 6 nitrogen and oxygen atoms in total. The van der Waals surface area contributed by atoms with Crippen molar-refractivity contribution in [3.05, 3.63) is 65.7 Å². The maximum atomic E-state index is 13.0. The summed E-state index contributed by atoms with van der Waals surface area (Å²) in [4.78, 5) is 13.0. The number of nitrogens with one attached hydrogen (secondary N) is 1. The van der Waals surface area contributed by atoms with Crippen LogP contribution in [-0.4, -0.2) is 33.2 Å². The third-order valence-electron chi connectivity index (χ3n) is 4.23. The quantitative estimate of drug-likeness (QED) is 0.591. The van der Waals surface area contributed by atoms with Gasteiger partial charge < -0.3 is 10.1 Å². The van der Waals surface area contributed by atoms with Gasteiger partial charge >= 0.3 is 0 Å². The molecule has 0 saturated carbocycles. The number of rotatable bonds is 9. The number of benzene rings is 2. The highest BCUT2D eigenvalue weighted by molar-refractivity contribution is 7.92. The number of aryl methyl sites for hydroxylation is 1. The molecule has 0 aliphatic rings. The largest absolute Gasteiger partial charge is 0.490 e. The van der Waals surface area contributed by atoms with Crippen molar-refractivity contribution in [2.24, 2.45) is 0 Å². The number of sulfonamides is 1. The van der Waals surface area contributed by atoms with Crippen LogP contribution in [0.25, 0.3) is 0 Å². The van der Waals surface area contributed by atoms with E-state index >= 15 is 0 Å². The SMILES string of the molecule is C=CCOc1ccc(NC(=O)C(CC)N(c2cc(Cl)ccc2C)S(C)(=O)=O)cc1. The van der Waals surface area contributed by atoms with Crippen LogP contribution in [0, 0.1) is 6.92 Å². The highest BCUT2D eigenvalue weighted by Crippen LogP contribution is 2.29. The summed E-state index contributed by atoms with van der Waals surface area (Å²) in [5.41, 5.74) is 1.63. The first-order valence-corrected chi connectivity index (χ1v) is 11.3. The number of carbonyl (C=O) groups excluding carboxylic acids is 1. The van der Waals surface area contributed by atoms with E-state index < -0.39 is 22.0 Å². The van der Waals surface area contributed by atoms with E-state index in [4.69, 9.17) is 16.3 Å². The lowest BCUT2D eigenvalue weighted by Crippen LogP contribution is -2.47. The van der Waals surface area contributed by atoms with Gasteiger partial charge in [-0.3, -0.25) is 9.10 Å². The molecule has 1 N–H and O–H groups in total. The van der Waals surface area contributed by atoms with Gasteiger partial charge in [-0.2, -0.15) is 0 Å². The second kappa shape index (κ2) is 9.80. The minimum Gasteiger partial charge on any atom is -0.490 e. The van der Waals surface area contributed by atoms with Crippen LogP contribution < -0.4 is 14.4 Å². The number of halogens is 1. The number of nitrogens with zero attached hydrogens (tertiary/aromatic N) is 1. The predicted molar refractivity (Wildman–Crippen MR) is 118 cm³/mol. The predicted octanol–water partition coefficient (Wildman–Crippen LogP) is 4.40. The molecule has 2 aromatic carbocycles. The van der Waals surface area contributed by atoms with Gasteiger partial charge in [0.25, 0.3) is 0 Å². The van der Waals surface area contributed by atoms with Crippen molar-refractivity contribution < 1.29 is 17.9 Å². The second-order valence-corrected chi connectivity index (χ2v) is 8.82. The van der Waals surface area contributed by atoms with Gasteiger partial charge in [-0.1, -0.05) is 37.2 Å². The molecule has 8 heteroatoms. The maximum Gasteiger partial charge on any atom is 0.248 e. The Kier molecular flexibility index (Phi) is 7.70. The number of ether oxygens (including phenoxy) is 1. The van der Waals surface area contributed by atoms with Crippen molar-refractivity contribution >= 4 is 38.9 Å². The van der Waals surface area contributed by atoms with Crippen LogP contribution in [0.3, 0.4) is 0 Å². The number of carbonyl (C=O) groups is 1. The third-order valence-corrected chi connectivity index (χ3v) is 5.63. The summed E-state index contributed by atoms with van der Waals surface area (Å²) >= 11 is 6.08. The molecule has 0 aromatic heterocycles. The van der Waals surface area contributed by atoms with E-state index in [1.165, 1.54) is 0 Å². The highest BCUT2D eigenvalue weighted by atomic mass is 35.5. The molecule has 156 valence electrons. The molecule has 1 unspecified atom stereocenters. The van der Waals surface area contributed by atoms with Crippen LogP contribution in [0.1, 0.15) is 18.9 Å². The van der Waals surface area contributed by atoms with Gasteiger partial charge in [0.15, 0.2) is 0 Å².